The van der Waals surface area contributed by atoms with E-state index in [4.69, 9.17) is 21.9 Å². The Hall–Kier alpha value is -1.55. The Morgan fingerprint density at radius 1 is 1.47 bits per heavy atom. The lowest BCUT2D eigenvalue weighted by Crippen LogP contribution is -1.87. The number of aryl methyl sites for hydroxylation is 1. The van der Waals surface area contributed by atoms with E-state index in [9.17, 15) is 0 Å². The Balaban J connectivity index is 2.40. The van der Waals surface area contributed by atoms with Crippen molar-refractivity contribution in [3.63, 3.8) is 0 Å². The third-order valence-electron chi connectivity index (χ3n) is 2.03. The average Bonchev–Trinajstić information content (AvgIpc) is 2.70. The van der Waals surface area contributed by atoms with Crippen LogP contribution in [0.25, 0.3) is 11.5 Å². The normalized spacial score (nSPS) is 10.5. The van der Waals surface area contributed by atoms with Crippen LogP contribution >= 0.6 is 11.6 Å². The van der Waals surface area contributed by atoms with Crippen LogP contribution in [0.15, 0.2) is 22.7 Å². The summed E-state index contributed by atoms with van der Waals surface area (Å²) in [5, 5.41) is 4.33. The fourth-order valence-corrected chi connectivity index (χ4v) is 1.31. The number of hydrogen-bond donors (Lipinski definition) is 1. The van der Waals surface area contributed by atoms with Crippen LogP contribution in [0.5, 0.6) is 0 Å². The summed E-state index contributed by atoms with van der Waals surface area (Å²) in [6.07, 6.45) is 0.743. The number of halogens is 1. The summed E-state index contributed by atoms with van der Waals surface area (Å²) in [4.78, 5) is 4.19. The van der Waals surface area contributed by atoms with Gasteiger partial charge in [0, 0.05) is 12.0 Å². The molecule has 1 heterocycles. The Kier molecular flexibility index (Phi) is 2.60. The maximum Gasteiger partial charge on any atom is 0.257 e. The van der Waals surface area contributed by atoms with Gasteiger partial charge in [0.2, 0.25) is 0 Å². The van der Waals surface area contributed by atoms with Crippen LogP contribution in [0, 0.1) is 0 Å². The molecule has 5 heteroatoms. The second kappa shape index (κ2) is 3.90. The molecule has 0 aliphatic heterocycles. The highest BCUT2D eigenvalue weighted by molar-refractivity contribution is 6.33. The molecule has 0 aliphatic carbocycles. The molecule has 4 nitrogen and oxygen atoms in total. The molecular weight excluding hydrogens is 214 g/mol. The van der Waals surface area contributed by atoms with Gasteiger partial charge in [0.05, 0.1) is 10.7 Å². The summed E-state index contributed by atoms with van der Waals surface area (Å²) in [5.74, 6) is 1.15. The topological polar surface area (TPSA) is 64.9 Å². The van der Waals surface area contributed by atoms with E-state index in [1.54, 1.807) is 18.2 Å². The molecule has 1 aromatic carbocycles. The molecule has 0 radical (unpaired) electrons. The zero-order valence-electron chi connectivity index (χ0n) is 8.20. The molecule has 0 atom stereocenters. The van der Waals surface area contributed by atoms with Crippen LogP contribution in [0.3, 0.4) is 0 Å². The van der Waals surface area contributed by atoms with E-state index in [-0.39, 0.29) is 0 Å². The molecule has 0 spiro atoms. The quantitative estimate of drug-likeness (QED) is 0.795. The number of anilines is 1. The first-order chi connectivity index (χ1) is 7.20. The summed E-state index contributed by atoms with van der Waals surface area (Å²) in [7, 11) is 0. The van der Waals surface area contributed by atoms with E-state index >= 15 is 0 Å². The third kappa shape index (κ3) is 1.94. The highest BCUT2D eigenvalue weighted by Gasteiger charge is 2.08. The molecule has 0 aliphatic rings. The van der Waals surface area contributed by atoms with Gasteiger partial charge >= 0.3 is 0 Å². The minimum absolute atomic E-state index is 0.468. The lowest BCUT2D eigenvalue weighted by Gasteiger charge is -1.98. The maximum atomic E-state index is 5.81. The molecule has 0 saturated carbocycles. The zero-order chi connectivity index (χ0) is 10.8. The molecule has 1 aromatic heterocycles. The predicted molar refractivity (Wildman–Crippen MR) is 58.5 cm³/mol. The molecule has 2 aromatic rings. The van der Waals surface area contributed by atoms with E-state index in [1.165, 1.54) is 0 Å². The first-order valence-corrected chi connectivity index (χ1v) is 4.96. The highest BCUT2D eigenvalue weighted by Crippen LogP contribution is 2.25. The highest BCUT2D eigenvalue weighted by atomic mass is 35.5. The fourth-order valence-electron chi connectivity index (χ4n) is 1.19. The first kappa shape index (κ1) is 9.98. The molecule has 0 fully saturated rings. The standard InChI is InChI=1S/C10H10ClN3O/c1-2-9-13-10(15-14-9)6-3-4-7(11)8(12)5-6/h3-5H,2,12H2,1H3. The third-order valence-corrected chi connectivity index (χ3v) is 2.37. The van der Waals surface area contributed by atoms with Crippen molar-refractivity contribution in [3.05, 3.63) is 29.0 Å². The lowest BCUT2D eigenvalue weighted by atomic mass is 10.2. The van der Waals surface area contributed by atoms with Gasteiger partial charge in [0.25, 0.3) is 5.89 Å². The fraction of sp³-hybridized carbons (Fsp3) is 0.200. The number of benzene rings is 1. The van der Waals surface area contributed by atoms with Crippen molar-refractivity contribution >= 4 is 17.3 Å². The summed E-state index contributed by atoms with van der Waals surface area (Å²) in [5.41, 5.74) is 6.96. The summed E-state index contributed by atoms with van der Waals surface area (Å²) in [6.45, 7) is 1.96. The average molecular weight is 224 g/mol. The summed E-state index contributed by atoms with van der Waals surface area (Å²) < 4.78 is 5.08. The first-order valence-electron chi connectivity index (χ1n) is 4.58. The number of nitrogens with two attached hydrogens (primary N) is 1. The van der Waals surface area contributed by atoms with Gasteiger partial charge < -0.3 is 10.3 Å². The van der Waals surface area contributed by atoms with E-state index < -0.39 is 0 Å². The monoisotopic (exact) mass is 223 g/mol. The van der Waals surface area contributed by atoms with Crippen molar-refractivity contribution in [3.8, 4) is 11.5 Å². The van der Waals surface area contributed by atoms with Gasteiger partial charge in [-0.15, -0.1) is 0 Å². The zero-order valence-corrected chi connectivity index (χ0v) is 8.95. The minimum Gasteiger partial charge on any atom is -0.398 e. The molecule has 2 rings (SSSR count). The molecule has 2 N–H and O–H groups in total. The molecule has 0 bridgehead atoms. The SMILES string of the molecule is CCc1noc(-c2ccc(Cl)c(N)c2)n1. The second-order valence-electron chi connectivity index (χ2n) is 3.11. The largest absolute Gasteiger partial charge is 0.398 e. The van der Waals surface area contributed by atoms with Crippen LogP contribution in [-0.2, 0) is 6.42 Å². The number of rotatable bonds is 2. The Morgan fingerprint density at radius 2 is 2.27 bits per heavy atom. The molecule has 0 saturated heterocycles. The Labute approximate surface area is 92.0 Å². The van der Waals surface area contributed by atoms with Crippen molar-refractivity contribution in [2.45, 2.75) is 13.3 Å². The van der Waals surface area contributed by atoms with Gasteiger partial charge in [-0.2, -0.15) is 4.98 Å². The van der Waals surface area contributed by atoms with Crippen molar-refractivity contribution in [2.75, 3.05) is 5.73 Å². The Bertz CT molecular complexity index is 481. The lowest BCUT2D eigenvalue weighted by molar-refractivity contribution is 0.423. The smallest absolute Gasteiger partial charge is 0.257 e. The number of nitrogen functional groups attached to an aromatic ring is 1. The minimum atomic E-state index is 0.468. The molecular formula is C10H10ClN3O. The number of aromatic nitrogens is 2. The van der Waals surface area contributed by atoms with Crippen LogP contribution in [0.4, 0.5) is 5.69 Å². The number of hydrogen-bond acceptors (Lipinski definition) is 4. The van der Waals surface area contributed by atoms with E-state index in [0.717, 1.165) is 12.0 Å². The van der Waals surface area contributed by atoms with Gasteiger partial charge in [-0.25, -0.2) is 0 Å². The van der Waals surface area contributed by atoms with Crippen LogP contribution < -0.4 is 5.73 Å². The van der Waals surface area contributed by atoms with Crippen molar-refractivity contribution in [1.82, 2.24) is 10.1 Å². The maximum absolute atomic E-state index is 5.81. The van der Waals surface area contributed by atoms with E-state index in [1.807, 2.05) is 6.92 Å². The van der Waals surface area contributed by atoms with Crippen LogP contribution in [-0.4, -0.2) is 10.1 Å². The molecule has 0 unspecified atom stereocenters. The predicted octanol–water partition coefficient (Wildman–Crippen LogP) is 2.53. The van der Waals surface area contributed by atoms with Crippen molar-refractivity contribution < 1.29 is 4.52 Å². The van der Waals surface area contributed by atoms with Crippen LogP contribution in [0.2, 0.25) is 5.02 Å². The van der Waals surface area contributed by atoms with E-state index in [2.05, 4.69) is 10.1 Å². The summed E-state index contributed by atoms with van der Waals surface area (Å²) in [6, 6.07) is 5.23. The Morgan fingerprint density at radius 3 is 2.87 bits per heavy atom. The molecule has 78 valence electrons. The molecule has 0 amide bonds. The van der Waals surface area contributed by atoms with Gasteiger partial charge in [-0.1, -0.05) is 23.7 Å². The van der Waals surface area contributed by atoms with Crippen molar-refractivity contribution in [2.24, 2.45) is 0 Å². The van der Waals surface area contributed by atoms with Gasteiger partial charge in [0.15, 0.2) is 5.82 Å². The number of nitrogens with zero attached hydrogens (tertiary/aromatic N) is 2. The van der Waals surface area contributed by atoms with Gasteiger partial charge in [-0.05, 0) is 18.2 Å². The van der Waals surface area contributed by atoms with Crippen LogP contribution in [0.1, 0.15) is 12.7 Å². The van der Waals surface area contributed by atoms with Crippen molar-refractivity contribution in [1.29, 1.82) is 0 Å². The van der Waals surface area contributed by atoms with E-state index in [0.29, 0.717) is 22.4 Å². The summed E-state index contributed by atoms with van der Waals surface area (Å²) >= 11 is 5.81. The van der Waals surface area contributed by atoms with Gasteiger partial charge in [0.1, 0.15) is 0 Å². The second-order valence-corrected chi connectivity index (χ2v) is 3.51. The van der Waals surface area contributed by atoms with Gasteiger partial charge in [-0.3, -0.25) is 0 Å². The molecule has 15 heavy (non-hydrogen) atoms.